The van der Waals surface area contributed by atoms with Crippen molar-refractivity contribution in [3.63, 3.8) is 0 Å². The second-order valence-electron chi connectivity index (χ2n) is 6.11. The van der Waals surface area contributed by atoms with Gasteiger partial charge in [0.25, 0.3) is 0 Å². The first-order valence-electron chi connectivity index (χ1n) is 8.45. The van der Waals surface area contributed by atoms with E-state index in [-0.39, 0.29) is 0 Å². The fraction of sp³-hybridized carbons (Fsp3) is 0.143. The lowest BCUT2D eigenvalue weighted by molar-refractivity contribution is 1.13. The van der Waals surface area contributed by atoms with E-state index in [2.05, 4.69) is 36.5 Å². The van der Waals surface area contributed by atoms with Crippen molar-refractivity contribution < 1.29 is 0 Å². The molecule has 27 heavy (non-hydrogen) atoms. The maximum absolute atomic E-state index is 4.44. The van der Waals surface area contributed by atoms with Gasteiger partial charge in [-0.1, -0.05) is 6.58 Å². The van der Waals surface area contributed by atoms with Gasteiger partial charge in [-0.05, 0) is 49.2 Å². The smallest absolute Gasteiger partial charge is 0.159 e. The van der Waals surface area contributed by atoms with Crippen LogP contribution in [0.1, 0.15) is 18.1 Å². The maximum atomic E-state index is 4.44. The summed E-state index contributed by atoms with van der Waals surface area (Å²) in [6.45, 7) is 7.69. The lowest BCUT2D eigenvalue weighted by atomic mass is 10.0. The molecule has 0 bridgehead atoms. The first-order valence-corrected chi connectivity index (χ1v) is 8.45. The fourth-order valence-electron chi connectivity index (χ4n) is 2.44. The monoisotopic (exact) mass is 356 g/mol. The van der Waals surface area contributed by atoms with Gasteiger partial charge in [-0.25, -0.2) is 24.9 Å². The predicted molar refractivity (Wildman–Crippen MR) is 109 cm³/mol. The number of rotatable bonds is 4. The highest BCUT2D eigenvalue weighted by atomic mass is 14.9. The molecular weight excluding hydrogens is 336 g/mol. The average Bonchev–Trinajstić information content (AvgIpc) is 2.69. The van der Waals surface area contributed by atoms with Crippen LogP contribution in [0.2, 0.25) is 0 Å². The van der Waals surface area contributed by atoms with E-state index in [4.69, 9.17) is 0 Å². The lowest BCUT2D eigenvalue weighted by Gasteiger charge is -2.09. The van der Waals surface area contributed by atoms with Crippen molar-refractivity contribution in [2.24, 2.45) is 9.98 Å². The van der Waals surface area contributed by atoms with Gasteiger partial charge in [0.15, 0.2) is 17.5 Å². The summed E-state index contributed by atoms with van der Waals surface area (Å²) in [5, 5.41) is 0. The van der Waals surface area contributed by atoms with E-state index in [0.29, 0.717) is 17.5 Å². The maximum Gasteiger partial charge on any atom is 0.159 e. The Morgan fingerprint density at radius 2 is 1.56 bits per heavy atom. The summed E-state index contributed by atoms with van der Waals surface area (Å²) < 4.78 is 0. The van der Waals surface area contributed by atoms with Gasteiger partial charge in [-0.2, -0.15) is 0 Å². The Morgan fingerprint density at radius 3 is 2.11 bits per heavy atom. The van der Waals surface area contributed by atoms with Gasteiger partial charge in [0, 0.05) is 54.7 Å². The van der Waals surface area contributed by atoms with Gasteiger partial charge >= 0.3 is 0 Å². The minimum absolute atomic E-state index is 0.587. The number of allylic oxidation sites excluding steroid dienone is 1. The largest absolute Gasteiger partial charge is 0.270 e. The average molecular weight is 356 g/mol. The van der Waals surface area contributed by atoms with Gasteiger partial charge in [-0.15, -0.1) is 0 Å². The highest BCUT2D eigenvalue weighted by Crippen LogP contribution is 2.25. The molecular formula is C21H20N6. The minimum atomic E-state index is 0.587. The Kier molecular flexibility index (Phi) is 5.56. The molecule has 0 atom stereocenters. The van der Waals surface area contributed by atoms with Crippen molar-refractivity contribution in [2.45, 2.75) is 13.8 Å². The summed E-state index contributed by atoms with van der Waals surface area (Å²) in [6.07, 6.45) is 8.70. The summed E-state index contributed by atoms with van der Waals surface area (Å²) in [4.78, 5) is 26.3. The molecule has 2 aromatic heterocycles. The molecule has 2 heterocycles. The van der Waals surface area contributed by atoms with E-state index < -0.39 is 0 Å². The zero-order valence-electron chi connectivity index (χ0n) is 15.6. The molecule has 1 aromatic carbocycles. The molecule has 0 saturated carbocycles. The zero-order valence-corrected chi connectivity index (χ0v) is 15.6. The van der Waals surface area contributed by atoms with E-state index >= 15 is 0 Å². The topological polar surface area (TPSA) is 76.3 Å². The summed E-state index contributed by atoms with van der Waals surface area (Å²) in [5.74, 6) is 1.83. The Hall–Kier alpha value is -3.54. The summed E-state index contributed by atoms with van der Waals surface area (Å²) in [7, 11) is 1.71. The molecule has 0 amide bonds. The first-order chi connectivity index (χ1) is 13.1. The van der Waals surface area contributed by atoms with Crippen LogP contribution in [0, 0.1) is 6.92 Å². The zero-order chi connectivity index (χ0) is 19.2. The molecule has 0 aliphatic rings. The molecule has 0 aliphatic heterocycles. The van der Waals surface area contributed by atoms with E-state index in [1.54, 1.807) is 44.1 Å². The number of hydrogen-bond donors (Lipinski definition) is 0. The van der Waals surface area contributed by atoms with Crippen LogP contribution in [0.4, 0.5) is 0 Å². The number of amidine groups is 1. The number of aryl methyl sites for hydroxylation is 1. The third-order valence-electron chi connectivity index (χ3n) is 3.67. The van der Waals surface area contributed by atoms with E-state index in [1.165, 1.54) is 0 Å². The Labute approximate surface area is 158 Å². The van der Waals surface area contributed by atoms with Crippen LogP contribution in [0.3, 0.4) is 0 Å². The number of aromatic nitrogens is 4. The molecule has 0 aliphatic carbocycles. The Morgan fingerprint density at radius 1 is 0.963 bits per heavy atom. The lowest BCUT2D eigenvalue weighted by Crippen LogP contribution is -2.01. The van der Waals surface area contributed by atoms with Crippen LogP contribution in [0.5, 0.6) is 0 Å². The highest BCUT2D eigenvalue weighted by molar-refractivity contribution is 6.06. The Balaban J connectivity index is 2.16. The van der Waals surface area contributed by atoms with Gasteiger partial charge in [0.2, 0.25) is 0 Å². The number of aliphatic imine (C=N–C) groups is 2. The second kappa shape index (κ2) is 8.23. The standard InChI is InChI=1S/C21H20N6/c1-14(2)11-25-19(22-4)16-8-17(20-23-6-5-7-24-20)10-18(9-16)21-26-12-15(3)13-27-21/h5-13H,1H2,2-4H3. The van der Waals surface area contributed by atoms with E-state index in [0.717, 1.165) is 27.8 Å². The number of hydrogen-bond acceptors (Lipinski definition) is 5. The Bertz CT molecular complexity index is 1000. The normalized spacial score (nSPS) is 11.7. The third-order valence-corrected chi connectivity index (χ3v) is 3.67. The SMILES string of the molecule is C=C(C)C=NC(=NC)c1cc(-c2ncccn2)cc(-c2ncc(C)cn2)c1. The molecule has 6 nitrogen and oxygen atoms in total. The molecule has 0 N–H and O–H groups in total. The fourth-order valence-corrected chi connectivity index (χ4v) is 2.44. The van der Waals surface area contributed by atoms with Gasteiger partial charge in [0.1, 0.15) is 0 Å². The molecule has 0 unspecified atom stereocenters. The molecule has 3 rings (SSSR count). The molecule has 0 saturated heterocycles. The second-order valence-corrected chi connectivity index (χ2v) is 6.11. The number of benzene rings is 1. The van der Waals surface area contributed by atoms with E-state index in [1.807, 2.05) is 32.0 Å². The van der Waals surface area contributed by atoms with E-state index in [9.17, 15) is 0 Å². The van der Waals surface area contributed by atoms with Crippen molar-refractivity contribution in [2.75, 3.05) is 7.05 Å². The quantitative estimate of drug-likeness (QED) is 0.524. The van der Waals surface area contributed by atoms with Crippen LogP contribution in [-0.4, -0.2) is 39.0 Å². The molecule has 3 aromatic rings. The number of nitrogens with zero attached hydrogens (tertiary/aromatic N) is 6. The van der Waals surface area contributed by atoms with Crippen molar-refractivity contribution in [3.8, 4) is 22.8 Å². The van der Waals surface area contributed by atoms with Crippen molar-refractivity contribution in [1.82, 2.24) is 19.9 Å². The van der Waals surface area contributed by atoms with Crippen LogP contribution in [0.25, 0.3) is 22.8 Å². The van der Waals surface area contributed by atoms with Crippen molar-refractivity contribution in [3.05, 3.63) is 72.3 Å². The summed E-state index contributed by atoms with van der Waals surface area (Å²) in [6, 6.07) is 7.69. The van der Waals surface area contributed by atoms with Crippen LogP contribution in [0.15, 0.2) is 71.2 Å². The van der Waals surface area contributed by atoms with Gasteiger partial charge < -0.3 is 0 Å². The molecule has 0 spiro atoms. The molecule has 134 valence electrons. The third kappa shape index (κ3) is 4.55. The minimum Gasteiger partial charge on any atom is -0.270 e. The van der Waals surface area contributed by atoms with Crippen molar-refractivity contribution >= 4 is 12.1 Å². The van der Waals surface area contributed by atoms with Crippen molar-refractivity contribution in [1.29, 1.82) is 0 Å². The molecule has 0 radical (unpaired) electrons. The molecule has 6 heteroatoms. The summed E-state index contributed by atoms with van der Waals surface area (Å²) in [5.41, 5.74) is 4.38. The van der Waals surface area contributed by atoms with Gasteiger partial charge in [0.05, 0.1) is 0 Å². The van der Waals surface area contributed by atoms with Crippen LogP contribution >= 0.6 is 0 Å². The van der Waals surface area contributed by atoms with Crippen LogP contribution < -0.4 is 0 Å². The summed E-state index contributed by atoms with van der Waals surface area (Å²) >= 11 is 0. The predicted octanol–water partition coefficient (Wildman–Crippen LogP) is 3.93. The molecule has 0 fully saturated rings. The van der Waals surface area contributed by atoms with Gasteiger partial charge in [-0.3, -0.25) is 4.99 Å². The highest BCUT2D eigenvalue weighted by Gasteiger charge is 2.11. The van der Waals surface area contributed by atoms with Crippen LogP contribution in [-0.2, 0) is 0 Å². The first kappa shape index (κ1) is 18.3.